The first-order valence-corrected chi connectivity index (χ1v) is 10.3. The van der Waals surface area contributed by atoms with Crippen molar-refractivity contribution in [3.8, 4) is 0 Å². The van der Waals surface area contributed by atoms with E-state index in [1.807, 2.05) is 6.92 Å². The van der Waals surface area contributed by atoms with Gasteiger partial charge in [-0.2, -0.15) is 0 Å². The van der Waals surface area contributed by atoms with E-state index in [9.17, 15) is 39.6 Å². The number of carboxylic acid groups (broad SMARTS) is 4. The Labute approximate surface area is 219 Å². The van der Waals surface area contributed by atoms with E-state index < -0.39 is 23.9 Å². The Morgan fingerprint density at radius 2 is 1.03 bits per heavy atom. The first-order valence-electron chi connectivity index (χ1n) is 10.3. The molecule has 1 unspecified atom stereocenters. The summed E-state index contributed by atoms with van der Waals surface area (Å²) in [7, 11) is 0. The Balaban J connectivity index is 0.00000961. The van der Waals surface area contributed by atoms with Gasteiger partial charge in [0.15, 0.2) is 0 Å². The average Bonchev–Trinajstić information content (AvgIpc) is 2.63. The summed E-state index contributed by atoms with van der Waals surface area (Å²) in [5.41, 5.74) is 0. The third kappa shape index (κ3) is 13.6. The zero-order chi connectivity index (χ0) is 23.4. The molecule has 1 rings (SSSR count). The quantitative estimate of drug-likeness (QED) is 0.233. The van der Waals surface area contributed by atoms with Crippen molar-refractivity contribution in [3.05, 3.63) is 0 Å². The summed E-state index contributed by atoms with van der Waals surface area (Å²) >= 11 is 0. The topological polar surface area (TPSA) is 173 Å². The van der Waals surface area contributed by atoms with E-state index in [0.717, 1.165) is 0 Å². The Hall–Kier alpha value is -0.955. The molecule has 0 spiro atoms. The molecule has 12 nitrogen and oxygen atoms in total. The van der Waals surface area contributed by atoms with Gasteiger partial charge in [-0.3, -0.25) is 19.6 Å². The third-order valence-corrected chi connectivity index (χ3v) is 5.17. The van der Waals surface area contributed by atoms with E-state index in [4.69, 9.17) is 0 Å². The molecule has 32 heavy (non-hydrogen) atoms. The summed E-state index contributed by atoms with van der Waals surface area (Å²) in [6.45, 7) is 1.89. The van der Waals surface area contributed by atoms with E-state index in [2.05, 4.69) is 0 Å². The van der Waals surface area contributed by atoms with Crippen LogP contribution in [0.5, 0.6) is 0 Å². The smallest absolute Gasteiger partial charge is 0.549 e. The molecule has 13 heteroatoms. The number of hydrogen-bond donors (Lipinski definition) is 0. The fourth-order valence-corrected chi connectivity index (χ4v) is 3.74. The molecule has 1 atom stereocenters. The van der Waals surface area contributed by atoms with Crippen LogP contribution in [-0.2, 0) is 19.2 Å². The Bertz CT molecular complexity index is 624. The van der Waals surface area contributed by atoms with Gasteiger partial charge in [-0.05, 0) is 6.42 Å². The zero-order valence-corrected chi connectivity index (χ0v) is 20.4. The summed E-state index contributed by atoms with van der Waals surface area (Å²) in [6, 6.07) is -0.318. The molecule has 0 aromatic heterocycles. The second kappa shape index (κ2) is 16.6. The van der Waals surface area contributed by atoms with Crippen molar-refractivity contribution in [3.63, 3.8) is 0 Å². The second-order valence-electron chi connectivity index (χ2n) is 7.69. The van der Waals surface area contributed by atoms with E-state index in [1.165, 1.54) is 0 Å². The van der Waals surface area contributed by atoms with Gasteiger partial charge in [0, 0.05) is 78.0 Å². The van der Waals surface area contributed by atoms with Crippen LogP contribution in [0.3, 0.4) is 0 Å². The molecule has 1 radical (unpaired) electrons. The van der Waals surface area contributed by atoms with Crippen LogP contribution in [0.15, 0.2) is 0 Å². The van der Waals surface area contributed by atoms with Crippen LogP contribution in [-0.4, -0.2) is 122 Å². The standard InChI is InChI=1S/C19H34N4O8.Gd/c1-2-3-15-10-22(13-18(28)29)7-6-20(11-16(24)25)4-5-21(12-17(26)27)8-9-23(15)14-19(30)31;/h15H,2-14H2,1H3,(H,24,25)(H,26,27)(H,28,29)(H,30,31);/q;+3/p-4. The summed E-state index contributed by atoms with van der Waals surface area (Å²) in [5, 5.41) is 44.7. The maximum atomic E-state index is 11.3. The molecule has 0 bridgehead atoms. The number of rotatable bonds is 10. The predicted molar refractivity (Wildman–Crippen MR) is 99.6 cm³/mol. The van der Waals surface area contributed by atoms with Crippen LogP contribution >= 0.6 is 0 Å². The Morgan fingerprint density at radius 3 is 1.44 bits per heavy atom. The van der Waals surface area contributed by atoms with Crippen molar-refractivity contribution >= 4 is 23.9 Å². The van der Waals surface area contributed by atoms with Crippen molar-refractivity contribution < 1.29 is 79.5 Å². The first kappa shape index (κ1) is 31.0. The maximum absolute atomic E-state index is 11.3. The van der Waals surface area contributed by atoms with Gasteiger partial charge in [0.1, 0.15) is 0 Å². The fraction of sp³-hybridized carbons (Fsp3) is 0.789. The minimum atomic E-state index is -1.30. The summed E-state index contributed by atoms with van der Waals surface area (Å²) < 4.78 is 0. The SMILES string of the molecule is CCCC1CN(CC(=O)[O-])CCN(CC(=O)[O-])CCN(CC(=O)[O-])CCN1CC(=O)[O-].[Gd+3]. The van der Waals surface area contributed by atoms with Crippen molar-refractivity contribution in [1.29, 1.82) is 0 Å². The average molecular weight is 600 g/mol. The van der Waals surface area contributed by atoms with Gasteiger partial charge in [-0.1, -0.05) is 13.3 Å². The van der Waals surface area contributed by atoms with Gasteiger partial charge < -0.3 is 39.6 Å². The Morgan fingerprint density at radius 1 is 0.656 bits per heavy atom. The number of carboxylic acids is 4. The number of nitrogens with zero attached hydrogens (tertiary/aromatic N) is 4. The maximum Gasteiger partial charge on any atom is 3.00 e. The molecule has 1 fully saturated rings. The number of carbonyl (C=O) groups excluding carboxylic acids is 4. The van der Waals surface area contributed by atoms with Crippen molar-refractivity contribution in [2.75, 3.05) is 72.0 Å². The molecule has 0 aromatic carbocycles. The Kier molecular flexibility index (Phi) is 16.1. The van der Waals surface area contributed by atoms with Gasteiger partial charge in [0.2, 0.25) is 0 Å². The van der Waals surface area contributed by atoms with Gasteiger partial charge in [-0.25, -0.2) is 0 Å². The predicted octanol–water partition coefficient (Wildman–Crippen LogP) is -6.62. The van der Waals surface area contributed by atoms with Gasteiger partial charge in [0.25, 0.3) is 0 Å². The van der Waals surface area contributed by atoms with E-state index in [-0.39, 0.29) is 118 Å². The zero-order valence-electron chi connectivity index (χ0n) is 18.2. The van der Waals surface area contributed by atoms with Gasteiger partial charge in [-0.15, -0.1) is 0 Å². The number of aliphatic carboxylic acids is 4. The van der Waals surface area contributed by atoms with Crippen LogP contribution in [0.25, 0.3) is 0 Å². The van der Waals surface area contributed by atoms with Gasteiger partial charge in [0.05, 0.1) is 23.9 Å². The molecule has 0 saturated carbocycles. The summed E-state index contributed by atoms with van der Waals surface area (Å²) in [6.07, 6.45) is 1.30. The van der Waals surface area contributed by atoms with Crippen LogP contribution in [0.4, 0.5) is 0 Å². The van der Waals surface area contributed by atoms with Crippen molar-refractivity contribution in [2.24, 2.45) is 0 Å². The first-order chi connectivity index (χ1) is 14.6. The molecule has 183 valence electrons. The molecule has 0 amide bonds. The fourth-order valence-electron chi connectivity index (χ4n) is 3.74. The van der Waals surface area contributed by atoms with Gasteiger partial charge >= 0.3 is 39.9 Å². The third-order valence-electron chi connectivity index (χ3n) is 5.17. The minimum absolute atomic E-state index is 0. The molecular weight excluding hydrogens is 569 g/mol. The molecule has 0 N–H and O–H groups in total. The number of hydrogen-bond acceptors (Lipinski definition) is 12. The van der Waals surface area contributed by atoms with Crippen LogP contribution < -0.4 is 20.4 Å². The van der Waals surface area contributed by atoms with E-state index in [1.54, 1.807) is 19.6 Å². The van der Waals surface area contributed by atoms with Crippen LogP contribution in [0.1, 0.15) is 19.8 Å². The second-order valence-corrected chi connectivity index (χ2v) is 7.69. The van der Waals surface area contributed by atoms with Crippen molar-refractivity contribution in [1.82, 2.24) is 19.6 Å². The summed E-state index contributed by atoms with van der Waals surface area (Å²) in [5.74, 6) is -5.17. The molecule has 1 aliphatic heterocycles. The largest absolute Gasteiger partial charge is 3.00 e. The van der Waals surface area contributed by atoms with Crippen LogP contribution in [0, 0.1) is 39.9 Å². The van der Waals surface area contributed by atoms with E-state index in [0.29, 0.717) is 12.8 Å². The molecule has 1 saturated heterocycles. The molecule has 0 aliphatic carbocycles. The van der Waals surface area contributed by atoms with Crippen molar-refractivity contribution in [2.45, 2.75) is 25.8 Å². The summed E-state index contributed by atoms with van der Waals surface area (Å²) in [4.78, 5) is 51.1. The van der Waals surface area contributed by atoms with E-state index >= 15 is 0 Å². The molecule has 0 aromatic rings. The molecular formula is C19H30GdN4O8-. The monoisotopic (exact) mass is 600 g/mol. The normalized spacial score (nSPS) is 20.5. The molecule has 1 aliphatic rings. The number of carbonyl (C=O) groups is 4. The molecule has 1 heterocycles. The van der Waals surface area contributed by atoms with Crippen LogP contribution in [0.2, 0.25) is 0 Å². The minimum Gasteiger partial charge on any atom is -0.549 e.